The van der Waals surface area contributed by atoms with Crippen LogP contribution < -0.4 is 5.32 Å². The molecule has 0 amide bonds. The molecule has 1 aromatic carbocycles. The first kappa shape index (κ1) is 23.9. The molecule has 178 valence electrons. The van der Waals surface area contributed by atoms with Crippen LogP contribution in [0.2, 0.25) is 0 Å². The van der Waals surface area contributed by atoms with Gasteiger partial charge in [-0.2, -0.15) is 4.98 Å². The summed E-state index contributed by atoms with van der Waals surface area (Å²) in [4.78, 5) is 15.4. The van der Waals surface area contributed by atoms with Crippen molar-refractivity contribution >= 4 is 17.1 Å². The zero-order valence-electron chi connectivity index (χ0n) is 19.9. The molecule has 0 saturated heterocycles. The van der Waals surface area contributed by atoms with Gasteiger partial charge in [-0.1, -0.05) is 47.2 Å². The third-order valence-corrected chi connectivity index (χ3v) is 6.41. The largest absolute Gasteiger partial charge is 0.480 e. The van der Waals surface area contributed by atoms with Crippen LogP contribution >= 0.6 is 0 Å². The van der Waals surface area contributed by atoms with Gasteiger partial charge in [0.2, 0.25) is 5.82 Å². The van der Waals surface area contributed by atoms with Crippen molar-refractivity contribution in [1.82, 2.24) is 15.5 Å². The van der Waals surface area contributed by atoms with Crippen LogP contribution in [0.25, 0.3) is 22.6 Å². The van der Waals surface area contributed by atoms with Crippen molar-refractivity contribution in [2.45, 2.75) is 45.8 Å². The molecule has 0 radical (unpaired) electrons. The van der Waals surface area contributed by atoms with E-state index in [1.807, 2.05) is 19.1 Å². The lowest BCUT2D eigenvalue weighted by Gasteiger charge is -2.22. The highest BCUT2D eigenvalue weighted by Crippen LogP contribution is 2.33. The zero-order chi connectivity index (χ0) is 24.1. The van der Waals surface area contributed by atoms with Gasteiger partial charge in [0.15, 0.2) is 0 Å². The maximum Gasteiger partial charge on any atom is 0.317 e. The van der Waals surface area contributed by atoms with Gasteiger partial charge >= 0.3 is 5.97 Å². The average molecular weight is 462 g/mol. The summed E-state index contributed by atoms with van der Waals surface area (Å²) >= 11 is 0. The number of carboxylic acid groups (broad SMARTS) is 1. The third kappa shape index (κ3) is 5.43. The fourth-order valence-corrected chi connectivity index (χ4v) is 4.39. The van der Waals surface area contributed by atoms with Crippen LogP contribution in [0.4, 0.5) is 0 Å². The maximum atomic E-state index is 10.8. The Labute approximate surface area is 199 Å². The SMILES string of the molecule is COCc1cc(-c2nc(C3=CCC([C@H](C)NCC(=O)O)C=C3)no2)ccc1C1=C(C)CCC=C1. The van der Waals surface area contributed by atoms with Crippen molar-refractivity contribution in [2.24, 2.45) is 5.92 Å². The molecule has 1 unspecified atom stereocenters. The highest BCUT2D eigenvalue weighted by atomic mass is 16.5. The summed E-state index contributed by atoms with van der Waals surface area (Å²) < 4.78 is 11.1. The number of allylic oxidation sites excluding steroid dienone is 7. The fourth-order valence-electron chi connectivity index (χ4n) is 4.39. The normalized spacial score (nSPS) is 18.8. The average Bonchev–Trinajstić information content (AvgIpc) is 3.34. The molecule has 2 atom stereocenters. The predicted molar refractivity (Wildman–Crippen MR) is 132 cm³/mol. The molecule has 2 aromatic rings. The van der Waals surface area contributed by atoms with Crippen LogP contribution in [-0.4, -0.2) is 40.9 Å². The van der Waals surface area contributed by atoms with Gasteiger partial charge in [0.25, 0.3) is 5.89 Å². The Bertz CT molecular complexity index is 1170. The van der Waals surface area contributed by atoms with E-state index in [9.17, 15) is 4.79 Å². The number of benzene rings is 1. The van der Waals surface area contributed by atoms with Crippen molar-refractivity contribution < 1.29 is 19.2 Å². The van der Waals surface area contributed by atoms with Crippen LogP contribution in [0.1, 0.15) is 50.1 Å². The Morgan fingerprint density at radius 3 is 2.91 bits per heavy atom. The predicted octanol–water partition coefficient (Wildman–Crippen LogP) is 5.03. The molecule has 2 aliphatic rings. The van der Waals surface area contributed by atoms with Gasteiger partial charge in [-0.15, -0.1) is 0 Å². The Morgan fingerprint density at radius 2 is 2.21 bits per heavy atom. The van der Waals surface area contributed by atoms with Crippen molar-refractivity contribution in [1.29, 1.82) is 0 Å². The number of carbonyl (C=O) groups is 1. The van der Waals surface area contributed by atoms with Gasteiger partial charge in [-0.25, -0.2) is 0 Å². The van der Waals surface area contributed by atoms with Crippen LogP contribution in [-0.2, 0) is 16.1 Å². The zero-order valence-corrected chi connectivity index (χ0v) is 19.9. The molecule has 2 aliphatic carbocycles. The number of methoxy groups -OCH3 is 1. The number of carboxylic acids is 1. The Kier molecular flexibility index (Phi) is 7.55. The summed E-state index contributed by atoms with van der Waals surface area (Å²) in [5.41, 5.74) is 6.66. The van der Waals surface area contributed by atoms with Gasteiger partial charge in [0, 0.05) is 24.3 Å². The number of nitrogens with one attached hydrogen (secondary N) is 1. The molecule has 7 heteroatoms. The third-order valence-electron chi connectivity index (χ3n) is 6.41. The Balaban J connectivity index is 1.51. The van der Waals surface area contributed by atoms with Crippen LogP contribution in [0.15, 0.2) is 58.7 Å². The minimum absolute atomic E-state index is 0.0483. The molecular formula is C27H31N3O4. The number of ether oxygens (including phenoxy) is 1. The molecule has 0 fully saturated rings. The Hall–Kier alpha value is -3.29. The van der Waals surface area contributed by atoms with Crippen molar-refractivity contribution in [3.63, 3.8) is 0 Å². The van der Waals surface area contributed by atoms with E-state index in [1.54, 1.807) is 7.11 Å². The second kappa shape index (κ2) is 10.8. The highest BCUT2D eigenvalue weighted by Gasteiger charge is 2.20. The molecule has 4 rings (SSSR count). The van der Waals surface area contributed by atoms with Crippen molar-refractivity contribution in [3.8, 4) is 11.5 Å². The number of rotatable bonds is 9. The summed E-state index contributed by atoms with van der Waals surface area (Å²) in [5.74, 6) is 0.370. The smallest absolute Gasteiger partial charge is 0.317 e. The fraction of sp³-hybridized carbons (Fsp3) is 0.370. The lowest BCUT2D eigenvalue weighted by molar-refractivity contribution is -0.136. The Morgan fingerprint density at radius 1 is 1.35 bits per heavy atom. The molecule has 0 saturated carbocycles. The monoisotopic (exact) mass is 461 g/mol. The van der Waals surface area contributed by atoms with E-state index in [0.29, 0.717) is 18.3 Å². The molecule has 2 N–H and O–H groups in total. The van der Waals surface area contributed by atoms with E-state index in [0.717, 1.165) is 36.0 Å². The first-order valence-corrected chi connectivity index (χ1v) is 11.6. The molecule has 0 aliphatic heterocycles. The summed E-state index contributed by atoms with van der Waals surface area (Å²) in [7, 11) is 1.70. The summed E-state index contributed by atoms with van der Waals surface area (Å²) in [6.07, 6.45) is 13.5. The van der Waals surface area contributed by atoms with E-state index >= 15 is 0 Å². The van der Waals surface area contributed by atoms with E-state index in [-0.39, 0.29) is 18.5 Å². The minimum atomic E-state index is -0.856. The first-order valence-electron chi connectivity index (χ1n) is 11.6. The summed E-state index contributed by atoms with van der Waals surface area (Å²) in [6, 6.07) is 6.25. The number of hydrogen-bond acceptors (Lipinski definition) is 6. The number of nitrogens with zero attached hydrogens (tertiary/aromatic N) is 2. The standard InChI is InChI=1S/C27H31N3O4/c1-17-6-4-5-7-23(17)24-13-12-21(14-22(24)16-33-3)27-29-26(30-34-27)20-10-8-19(9-11-20)18(2)28-15-25(31)32/h5,7-8,10-14,18-19,28H,4,6,9,15-16H2,1-3H3,(H,31,32)/t18-,19?/m0/s1. The quantitative estimate of drug-likeness (QED) is 0.541. The second-order valence-electron chi connectivity index (χ2n) is 8.84. The number of aliphatic carboxylic acids is 1. The van der Waals surface area contributed by atoms with Crippen molar-refractivity contribution in [2.75, 3.05) is 13.7 Å². The van der Waals surface area contributed by atoms with Crippen LogP contribution in [0, 0.1) is 5.92 Å². The van der Waals surface area contributed by atoms with Gasteiger partial charge < -0.3 is 19.7 Å². The summed E-state index contributed by atoms with van der Waals surface area (Å²) in [5, 5.41) is 16.1. The topological polar surface area (TPSA) is 97.5 Å². The van der Waals surface area contributed by atoms with Crippen molar-refractivity contribution in [3.05, 3.63) is 71.1 Å². The van der Waals surface area contributed by atoms with Crippen LogP contribution in [0.5, 0.6) is 0 Å². The molecule has 0 bridgehead atoms. The lowest BCUT2D eigenvalue weighted by Crippen LogP contribution is -2.36. The number of hydrogen-bond donors (Lipinski definition) is 2. The molecule has 1 heterocycles. The van der Waals surface area contributed by atoms with Gasteiger partial charge in [0.05, 0.1) is 13.2 Å². The molecule has 0 spiro atoms. The van der Waals surface area contributed by atoms with Gasteiger partial charge in [0.1, 0.15) is 0 Å². The summed E-state index contributed by atoms with van der Waals surface area (Å²) in [6.45, 7) is 4.63. The number of aromatic nitrogens is 2. The molecule has 7 nitrogen and oxygen atoms in total. The highest BCUT2D eigenvalue weighted by molar-refractivity contribution is 5.80. The lowest BCUT2D eigenvalue weighted by atomic mass is 9.90. The molecular weight excluding hydrogens is 430 g/mol. The van der Waals surface area contributed by atoms with E-state index in [4.69, 9.17) is 14.4 Å². The van der Waals surface area contributed by atoms with Gasteiger partial charge in [-0.3, -0.25) is 4.79 Å². The van der Waals surface area contributed by atoms with E-state index in [2.05, 4.69) is 58.8 Å². The van der Waals surface area contributed by atoms with Gasteiger partial charge in [-0.05, 0) is 67.9 Å². The molecule has 1 aromatic heterocycles. The minimum Gasteiger partial charge on any atom is -0.480 e. The first-order chi connectivity index (χ1) is 16.5. The second-order valence-corrected chi connectivity index (χ2v) is 8.84. The van der Waals surface area contributed by atoms with E-state index < -0.39 is 5.97 Å². The maximum absolute atomic E-state index is 10.8. The van der Waals surface area contributed by atoms with E-state index in [1.165, 1.54) is 16.7 Å². The molecule has 34 heavy (non-hydrogen) atoms. The van der Waals surface area contributed by atoms with Crippen LogP contribution in [0.3, 0.4) is 0 Å².